The molecule has 0 amide bonds. The van der Waals surface area contributed by atoms with Crippen molar-refractivity contribution >= 4 is 0 Å². The second-order valence-electron chi connectivity index (χ2n) is 5.32. The van der Waals surface area contributed by atoms with Crippen LogP contribution in [0.4, 0.5) is 0 Å². The number of benzene rings is 1. The van der Waals surface area contributed by atoms with Crippen LogP contribution in [0.3, 0.4) is 0 Å². The zero-order valence-electron chi connectivity index (χ0n) is 10.4. The highest BCUT2D eigenvalue weighted by Crippen LogP contribution is 2.22. The SMILES string of the molecule is CC(C)(C)c1ccc(CCC(O)CO)cc1. The molecule has 0 aromatic heterocycles. The molecule has 2 nitrogen and oxygen atoms in total. The first-order valence-corrected chi connectivity index (χ1v) is 5.82. The fraction of sp³-hybridized carbons (Fsp3) is 0.571. The molecule has 0 aliphatic carbocycles. The zero-order chi connectivity index (χ0) is 12.2. The van der Waals surface area contributed by atoms with Crippen LogP contribution >= 0.6 is 0 Å². The average molecular weight is 222 g/mol. The van der Waals surface area contributed by atoms with Crippen LogP contribution in [0, 0.1) is 0 Å². The average Bonchev–Trinajstić information content (AvgIpc) is 2.25. The van der Waals surface area contributed by atoms with Crippen LogP contribution in [0.15, 0.2) is 24.3 Å². The van der Waals surface area contributed by atoms with Gasteiger partial charge in [-0.2, -0.15) is 0 Å². The van der Waals surface area contributed by atoms with E-state index in [1.165, 1.54) is 11.1 Å². The third kappa shape index (κ3) is 3.95. The van der Waals surface area contributed by atoms with Crippen LogP contribution in [-0.4, -0.2) is 22.9 Å². The molecule has 1 aromatic carbocycles. The number of hydrogen-bond acceptors (Lipinski definition) is 2. The van der Waals surface area contributed by atoms with Gasteiger partial charge in [-0.05, 0) is 29.4 Å². The van der Waals surface area contributed by atoms with E-state index in [1.807, 2.05) is 0 Å². The molecule has 1 unspecified atom stereocenters. The van der Waals surface area contributed by atoms with Crippen molar-refractivity contribution in [2.75, 3.05) is 6.61 Å². The van der Waals surface area contributed by atoms with E-state index in [-0.39, 0.29) is 12.0 Å². The summed E-state index contributed by atoms with van der Waals surface area (Å²) in [5.41, 5.74) is 2.71. The largest absolute Gasteiger partial charge is 0.394 e. The van der Waals surface area contributed by atoms with E-state index in [1.54, 1.807) is 0 Å². The van der Waals surface area contributed by atoms with Crippen molar-refractivity contribution in [3.05, 3.63) is 35.4 Å². The quantitative estimate of drug-likeness (QED) is 0.820. The summed E-state index contributed by atoms with van der Waals surface area (Å²) in [4.78, 5) is 0. The Morgan fingerprint density at radius 1 is 1.12 bits per heavy atom. The molecule has 0 aliphatic heterocycles. The summed E-state index contributed by atoms with van der Waals surface area (Å²) >= 11 is 0. The molecule has 2 N–H and O–H groups in total. The highest BCUT2D eigenvalue weighted by molar-refractivity contribution is 5.27. The van der Waals surface area contributed by atoms with E-state index in [0.29, 0.717) is 6.42 Å². The van der Waals surface area contributed by atoms with Gasteiger partial charge in [0.2, 0.25) is 0 Å². The van der Waals surface area contributed by atoms with Crippen molar-refractivity contribution in [3.8, 4) is 0 Å². The first-order valence-electron chi connectivity index (χ1n) is 5.82. The Labute approximate surface area is 97.9 Å². The molecule has 0 saturated carbocycles. The van der Waals surface area contributed by atoms with Gasteiger partial charge in [-0.25, -0.2) is 0 Å². The van der Waals surface area contributed by atoms with E-state index in [0.717, 1.165) is 6.42 Å². The van der Waals surface area contributed by atoms with Gasteiger partial charge in [0.15, 0.2) is 0 Å². The predicted molar refractivity (Wildman–Crippen MR) is 66.6 cm³/mol. The maximum absolute atomic E-state index is 9.25. The summed E-state index contributed by atoms with van der Waals surface area (Å²) in [7, 11) is 0. The molecule has 0 bridgehead atoms. The zero-order valence-corrected chi connectivity index (χ0v) is 10.4. The van der Waals surface area contributed by atoms with Crippen molar-refractivity contribution in [3.63, 3.8) is 0 Å². The molecule has 0 fully saturated rings. The standard InChI is InChI=1S/C14H22O2/c1-14(2,3)12-7-4-11(5-8-12)6-9-13(16)10-15/h4-5,7-8,13,15-16H,6,9-10H2,1-3H3. The third-order valence-corrected chi connectivity index (χ3v) is 2.80. The molecule has 0 heterocycles. The maximum Gasteiger partial charge on any atom is 0.0774 e. The van der Waals surface area contributed by atoms with Crippen molar-refractivity contribution in [2.24, 2.45) is 0 Å². The lowest BCUT2D eigenvalue weighted by molar-refractivity contribution is 0.0886. The topological polar surface area (TPSA) is 40.5 Å². The molecule has 16 heavy (non-hydrogen) atoms. The summed E-state index contributed by atoms with van der Waals surface area (Å²) in [6.07, 6.45) is 0.833. The molecular weight excluding hydrogens is 200 g/mol. The molecule has 0 spiro atoms. The van der Waals surface area contributed by atoms with Gasteiger partial charge in [-0.15, -0.1) is 0 Å². The Hall–Kier alpha value is -0.860. The monoisotopic (exact) mass is 222 g/mol. The minimum absolute atomic E-state index is 0.153. The summed E-state index contributed by atoms with van der Waals surface area (Å²) in [6, 6.07) is 8.48. The Morgan fingerprint density at radius 3 is 2.12 bits per heavy atom. The van der Waals surface area contributed by atoms with Crippen molar-refractivity contribution in [1.29, 1.82) is 0 Å². The molecule has 1 atom stereocenters. The van der Waals surface area contributed by atoms with Crippen LogP contribution in [-0.2, 0) is 11.8 Å². The Kier molecular flexibility index (Phi) is 4.51. The normalized spacial score (nSPS) is 13.8. The first kappa shape index (κ1) is 13.2. The molecule has 1 aromatic rings. The van der Waals surface area contributed by atoms with Gasteiger partial charge in [0.05, 0.1) is 12.7 Å². The summed E-state index contributed by atoms with van der Waals surface area (Å²) in [6.45, 7) is 6.42. The van der Waals surface area contributed by atoms with Gasteiger partial charge in [-0.3, -0.25) is 0 Å². The number of hydrogen-bond donors (Lipinski definition) is 2. The van der Waals surface area contributed by atoms with E-state index in [4.69, 9.17) is 5.11 Å². The van der Waals surface area contributed by atoms with Crippen LogP contribution in [0.1, 0.15) is 38.3 Å². The Morgan fingerprint density at radius 2 is 1.69 bits per heavy atom. The third-order valence-electron chi connectivity index (χ3n) is 2.80. The lowest BCUT2D eigenvalue weighted by Gasteiger charge is -2.19. The van der Waals surface area contributed by atoms with E-state index in [2.05, 4.69) is 45.0 Å². The van der Waals surface area contributed by atoms with Crippen LogP contribution in [0.5, 0.6) is 0 Å². The summed E-state index contributed by atoms with van der Waals surface area (Å²) in [5.74, 6) is 0. The van der Waals surface area contributed by atoms with Gasteiger partial charge in [-0.1, -0.05) is 45.0 Å². The van der Waals surface area contributed by atoms with E-state index < -0.39 is 6.10 Å². The fourth-order valence-corrected chi connectivity index (χ4v) is 1.60. The lowest BCUT2D eigenvalue weighted by atomic mass is 9.86. The van der Waals surface area contributed by atoms with Gasteiger partial charge >= 0.3 is 0 Å². The van der Waals surface area contributed by atoms with Crippen LogP contribution in [0.2, 0.25) is 0 Å². The van der Waals surface area contributed by atoms with E-state index in [9.17, 15) is 5.11 Å². The lowest BCUT2D eigenvalue weighted by Crippen LogP contribution is -2.13. The van der Waals surface area contributed by atoms with Crippen molar-refractivity contribution < 1.29 is 10.2 Å². The smallest absolute Gasteiger partial charge is 0.0774 e. The first-order chi connectivity index (χ1) is 7.43. The summed E-state index contributed by atoms with van der Waals surface area (Å²) in [5, 5.41) is 18.0. The Bertz CT molecular complexity index is 309. The minimum atomic E-state index is -0.595. The number of aliphatic hydroxyl groups excluding tert-OH is 2. The van der Waals surface area contributed by atoms with Crippen molar-refractivity contribution in [2.45, 2.75) is 45.1 Å². The molecule has 2 heteroatoms. The van der Waals surface area contributed by atoms with Gasteiger partial charge in [0.25, 0.3) is 0 Å². The highest BCUT2D eigenvalue weighted by Gasteiger charge is 2.12. The summed E-state index contributed by atoms with van der Waals surface area (Å²) < 4.78 is 0. The van der Waals surface area contributed by atoms with E-state index >= 15 is 0 Å². The fourth-order valence-electron chi connectivity index (χ4n) is 1.60. The number of rotatable bonds is 4. The molecule has 0 saturated heterocycles. The second kappa shape index (κ2) is 5.46. The molecular formula is C14H22O2. The predicted octanol–water partition coefficient (Wildman–Crippen LogP) is 2.27. The van der Waals surface area contributed by atoms with Gasteiger partial charge in [0, 0.05) is 0 Å². The van der Waals surface area contributed by atoms with Crippen molar-refractivity contribution in [1.82, 2.24) is 0 Å². The Balaban J connectivity index is 2.58. The van der Waals surface area contributed by atoms with Crippen LogP contribution < -0.4 is 0 Å². The molecule has 0 aliphatic rings. The molecule has 0 radical (unpaired) electrons. The van der Waals surface area contributed by atoms with Gasteiger partial charge in [0.1, 0.15) is 0 Å². The maximum atomic E-state index is 9.25. The highest BCUT2D eigenvalue weighted by atomic mass is 16.3. The second-order valence-corrected chi connectivity index (χ2v) is 5.32. The molecule has 1 rings (SSSR count). The minimum Gasteiger partial charge on any atom is -0.394 e. The molecule has 90 valence electrons. The van der Waals surface area contributed by atoms with Crippen LogP contribution in [0.25, 0.3) is 0 Å². The number of aliphatic hydroxyl groups is 2. The number of aryl methyl sites for hydroxylation is 1. The van der Waals surface area contributed by atoms with Gasteiger partial charge < -0.3 is 10.2 Å².